The third kappa shape index (κ3) is 6.05. The highest BCUT2D eigenvalue weighted by Gasteiger charge is 2.25. The van der Waals surface area contributed by atoms with E-state index in [0.29, 0.717) is 5.92 Å². The van der Waals surface area contributed by atoms with Crippen LogP contribution in [-0.4, -0.2) is 44.8 Å². The van der Waals surface area contributed by atoms with Gasteiger partial charge >= 0.3 is 0 Å². The van der Waals surface area contributed by atoms with Gasteiger partial charge in [0.1, 0.15) is 11.6 Å². The Morgan fingerprint density at radius 1 is 1.10 bits per heavy atom. The molecule has 1 N–H and O–H groups in total. The Morgan fingerprint density at radius 2 is 1.83 bits per heavy atom. The number of amides is 1. The van der Waals surface area contributed by atoms with Gasteiger partial charge in [-0.3, -0.25) is 9.69 Å². The number of hydrogen-bond donors (Lipinski definition) is 1. The number of ether oxygens (including phenoxy) is 1. The van der Waals surface area contributed by atoms with Crippen LogP contribution in [0.25, 0.3) is 0 Å². The molecule has 30 heavy (non-hydrogen) atoms. The lowest BCUT2D eigenvalue weighted by Crippen LogP contribution is -2.31. The Kier molecular flexibility index (Phi) is 7.48. The number of carbonyl (C=O) groups is 1. The van der Waals surface area contributed by atoms with Gasteiger partial charge in [0.25, 0.3) is 0 Å². The Balaban J connectivity index is 1.66. The minimum absolute atomic E-state index is 0.0295. The molecule has 1 aromatic carbocycles. The Morgan fingerprint density at radius 3 is 2.47 bits per heavy atom. The van der Waals surface area contributed by atoms with E-state index in [1.54, 1.807) is 6.92 Å². The van der Waals surface area contributed by atoms with Crippen LogP contribution >= 0.6 is 0 Å². The maximum absolute atomic E-state index is 11.7. The van der Waals surface area contributed by atoms with Crippen molar-refractivity contribution >= 4 is 5.91 Å². The molecule has 0 saturated carbocycles. The number of carbonyl (C=O) groups excluding carboxylic acids is 1. The normalized spacial score (nSPS) is 15.7. The van der Waals surface area contributed by atoms with Crippen LogP contribution in [0.1, 0.15) is 64.3 Å². The van der Waals surface area contributed by atoms with Crippen molar-refractivity contribution < 1.29 is 9.53 Å². The SMILES string of the molecule is CC(=O)NC(CC(C)C)c1nnc2n1CCN(Cc1ccc(OC(C)C)cc1)CC2. The monoisotopic (exact) mass is 413 g/mol. The van der Waals surface area contributed by atoms with Crippen molar-refractivity contribution in [2.45, 2.75) is 72.7 Å². The van der Waals surface area contributed by atoms with Crippen molar-refractivity contribution in [2.24, 2.45) is 5.92 Å². The standard InChI is InChI=1S/C23H35N5O2/c1-16(2)14-21(24-18(5)29)23-26-25-22-10-11-27(12-13-28(22)23)15-19-6-8-20(9-7-19)30-17(3)4/h6-9,16-17,21H,10-15H2,1-5H3,(H,24,29). The van der Waals surface area contributed by atoms with Gasteiger partial charge in [0, 0.05) is 39.5 Å². The highest BCUT2D eigenvalue weighted by atomic mass is 16.5. The molecule has 2 aromatic rings. The molecule has 1 amide bonds. The van der Waals surface area contributed by atoms with E-state index < -0.39 is 0 Å². The first-order valence-electron chi connectivity index (χ1n) is 11.0. The maximum atomic E-state index is 11.7. The molecule has 164 valence electrons. The number of aromatic nitrogens is 3. The van der Waals surface area contributed by atoms with Crippen molar-refractivity contribution in [3.8, 4) is 5.75 Å². The molecule has 0 bridgehead atoms. The van der Waals surface area contributed by atoms with Crippen LogP contribution in [0.5, 0.6) is 5.75 Å². The van der Waals surface area contributed by atoms with Crippen LogP contribution in [0, 0.1) is 5.92 Å². The second-order valence-corrected chi connectivity index (χ2v) is 8.85. The van der Waals surface area contributed by atoms with Gasteiger partial charge in [-0.15, -0.1) is 10.2 Å². The topological polar surface area (TPSA) is 72.3 Å². The van der Waals surface area contributed by atoms with Crippen molar-refractivity contribution in [3.63, 3.8) is 0 Å². The molecule has 1 aromatic heterocycles. The highest BCUT2D eigenvalue weighted by Crippen LogP contribution is 2.23. The summed E-state index contributed by atoms with van der Waals surface area (Å²) in [5.74, 6) is 3.23. The van der Waals surface area contributed by atoms with Gasteiger partial charge < -0.3 is 14.6 Å². The number of nitrogens with zero attached hydrogens (tertiary/aromatic N) is 4. The average Bonchev–Trinajstić information content (AvgIpc) is 2.96. The second-order valence-electron chi connectivity index (χ2n) is 8.85. The third-order valence-corrected chi connectivity index (χ3v) is 5.25. The highest BCUT2D eigenvalue weighted by molar-refractivity contribution is 5.73. The van der Waals surface area contributed by atoms with E-state index in [2.05, 4.69) is 51.0 Å². The van der Waals surface area contributed by atoms with Gasteiger partial charge in [-0.1, -0.05) is 26.0 Å². The number of fused-ring (bicyclic) bond motifs is 1. The molecule has 0 fully saturated rings. The van der Waals surface area contributed by atoms with E-state index in [1.807, 2.05) is 26.0 Å². The predicted octanol–water partition coefficient (Wildman–Crippen LogP) is 3.35. The lowest BCUT2D eigenvalue weighted by Gasteiger charge is -2.22. The zero-order valence-electron chi connectivity index (χ0n) is 18.9. The van der Waals surface area contributed by atoms with Crippen LogP contribution in [0.3, 0.4) is 0 Å². The minimum Gasteiger partial charge on any atom is -0.491 e. The lowest BCUT2D eigenvalue weighted by molar-refractivity contribution is -0.119. The molecular formula is C23H35N5O2. The molecule has 2 heterocycles. The number of nitrogens with one attached hydrogen (secondary N) is 1. The van der Waals surface area contributed by atoms with Crippen LogP contribution in [0.4, 0.5) is 0 Å². The van der Waals surface area contributed by atoms with E-state index in [4.69, 9.17) is 4.74 Å². The molecule has 1 unspecified atom stereocenters. The fourth-order valence-corrected chi connectivity index (χ4v) is 3.95. The summed E-state index contributed by atoms with van der Waals surface area (Å²) in [6.07, 6.45) is 1.89. The van der Waals surface area contributed by atoms with E-state index in [0.717, 1.165) is 56.4 Å². The van der Waals surface area contributed by atoms with Crippen LogP contribution in [0.15, 0.2) is 24.3 Å². The van der Waals surface area contributed by atoms with Crippen LogP contribution in [-0.2, 0) is 24.3 Å². The van der Waals surface area contributed by atoms with Crippen molar-refractivity contribution in [3.05, 3.63) is 41.5 Å². The third-order valence-electron chi connectivity index (χ3n) is 5.25. The summed E-state index contributed by atoms with van der Waals surface area (Å²) >= 11 is 0. The van der Waals surface area contributed by atoms with Gasteiger partial charge in [0.05, 0.1) is 12.1 Å². The Bertz CT molecular complexity index is 829. The molecular weight excluding hydrogens is 378 g/mol. The van der Waals surface area contributed by atoms with Crippen molar-refractivity contribution in [1.82, 2.24) is 25.0 Å². The second kappa shape index (κ2) is 10.1. The summed E-state index contributed by atoms with van der Waals surface area (Å²) in [6, 6.07) is 8.28. The minimum atomic E-state index is -0.0937. The summed E-state index contributed by atoms with van der Waals surface area (Å²) < 4.78 is 7.95. The van der Waals surface area contributed by atoms with Gasteiger partial charge in [0.15, 0.2) is 5.82 Å². The average molecular weight is 414 g/mol. The quantitative estimate of drug-likeness (QED) is 0.719. The summed E-state index contributed by atoms with van der Waals surface area (Å²) in [4.78, 5) is 14.2. The smallest absolute Gasteiger partial charge is 0.217 e. The van der Waals surface area contributed by atoms with Crippen LogP contribution < -0.4 is 10.1 Å². The summed E-state index contributed by atoms with van der Waals surface area (Å²) in [5, 5.41) is 12.0. The molecule has 0 spiro atoms. The molecule has 3 rings (SSSR count). The van der Waals surface area contributed by atoms with Crippen molar-refractivity contribution in [2.75, 3.05) is 13.1 Å². The Labute approximate surface area is 179 Å². The molecule has 7 heteroatoms. The first kappa shape index (κ1) is 22.3. The summed E-state index contributed by atoms with van der Waals surface area (Å²) in [7, 11) is 0. The van der Waals surface area contributed by atoms with Gasteiger partial charge in [-0.25, -0.2) is 0 Å². The van der Waals surface area contributed by atoms with Gasteiger partial charge in [0.2, 0.25) is 5.91 Å². The summed E-state index contributed by atoms with van der Waals surface area (Å²) in [6.45, 7) is 13.6. The van der Waals surface area contributed by atoms with Gasteiger partial charge in [-0.05, 0) is 43.9 Å². The molecule has 0 radical (unpaired) electrons. The van der Waals surface area contributed by atoms with Crippen LogP contribution in [0.2, 0.25) is 0 Å². The molecule has 7 nitrogen and oxygen atoms in total. The van der Waals surface area contributed by atoms with Crippen molar-refractivity contribution in [1.29, 1.82) is 0 Å². The zero-order chi connectivity index (χ0) is 21.7. The predicted molar refractivity (Wildman–Crippen MR) is 117 cm³/mol. The Hall–Kier alpha value is -2.41. The van der Waals surface area contributed by atoms with Gasteiger partial charge in [-0.2, -0.15) is 0 Å². The zero-order valence-corrected chi connectivity index (χ0v) is 18.9. The number of benzene rings is 1. The molecule has 0 aliphatic carbocycles. The van der Waals surface area contributed by atoms with E-state index in [1.165, 1.54) is 5.56 Å². The fourth-order valence-electron chi connectivity index (χ4n) is 3.95. The maximum Gasteiger partial charge on any atom is 0.217 e. The molecule has 1 atom stereocenters. The summed E-state index contributed by atoms with van der Waals surface area (Å²) in [5.41, 5.74) is 1.28. The van der Waals surface area contributed by atoms with E-state index in [-0.39, 0.29) is 18.1 Å². The molecule has 0 saturated heterocycles. The molecule has 1 aliphatic rings. The fraction of sp³-hybridized carbons (Fsp3) is 0.609. The van der Waals surface area contributed by atoms with E-state index >= 15 is 0 Å². The molecule has 1 aliphatic heterocycles. The first-order valence-corrected chi connectivity index (χ1v) is 11.0. The number of rotatable bonds is 8. The largest absolute Gasteiger partial charge is 0.491 e. The lowest BCUT2D eigenvalue weighted by atomic mass is 10.0. The first-order chi connectivity index (χ1) is 14.3. The van der Waals surface area contributed by atoms with E-state index in [9.17, 15) is 4.79 Å². The number of hydrogen-bond acceptors (Lipinski definition) is 5.